The van der Waals surface area contributed by atoms with Crippen LogP contribution in [0.2, 0.25) is 0 Å². The molecule has 2 aromatic carbocycles. The Morgan fingerprint density at radius 1 is 0.964 bits per heavy atom. The van der Waals surface area contributed by atoms with Crippen LogP contribution in [0, 0.1) is 6.92 Å². The molecule has 0 unspecified atom stereocenters. The number of anilines is 1. The lowest BCUT2D eigenvalue weighted by Crippen LogP contribution is -2.40. The predicted octanol–water partition coefficient (Wildman–Crippen LogP) is 2.92. The van der Waals surface area contributed by atoms with Crippen molar-refractivity contribution in [3.8, 4) is 5.75 Å². The van der Waals surface area contributed by atoms with Gasteiger partial charge in [0.1, 0.15) is 5.75 Å². The second kappa shape index (κ2) is 10.5. The number of carbonyl (C=O) groups excluding carboxylic acids is 2. The largest absolute Gasteiger partial charge is 0.494 e. The summed E-state index contributed by atoms with van der Waals surface area (Å²) >= 11 is 0. The van der Waals surface area contributed by atoms with Crippen LogP contribution in [0.4, 0.5) is 5.69 Å². The predicted molar refractivity (Wildman–Crippen MR) is 111 cm³/mol. The highest BCUT2D eigenvalue weighted by Gasteiger charge is 2.15. The molecule has 6 heteroatoms. The molecule has 0 aromatic heterocycles. The standard InChI is InChI=1S/C22H29N3O3/c1-5-28-20-12-8-18(9-13-20)14-24(3)16-22(27)25(4)15-21(26)23-19-10-6-17(2)7-11-19/h6-13H,5,14-16H2,1-4H3,(H,23,26). The van der Waals surface area contributed by atoms with E-state index >= 15 is 0 Å². The first kappa shape index (κ1) is 21.4. The van der Waals surface area contributed by atoms with Crippen molar-refractivity contribution in [3.63, 3.8) is 0 Å². The van der Waals surface area contributed by atoms with Gasteiger partial charge in [-0.25, -0.2) is 0 Å². The normalized spacial score (nSPS) is 10.6. The molecule has 0 atom stereocenters. The van der Waals surface area contributed by atoms with E-state index in [0.29, 0.717) is 13.2 Å². The van der Waals surface area contributed by atoms with Crippen molar-refractivity contribution in [1.82, 2.24) is 9.80 Å². The van der Waals surface area contributed by atoms with Crippen molar-refractivity contribution in [3.05, 3.63) is 59.7 Å². The number of rotatable bonds is 9. The summed E-state index contributed by atoms with van der Waals surface area (Å²) in [5.74, 6) is 0.519. The van der Waals surface area contributed by atoms with Gasteiger partial charge in [0.25, 0.3) is 0 Å². The average Bonchev–Trinajstić information content (AvgIpc) is 2.65. The van der Waals surface area contributed by atoms with Crippen molar-refractivity contribution in [2.24, 2.45) is 0 Å². The van der Waals surface area contributed by atoms with Gasteiger partial charge in [0.15, 0.2) is 0 Å². The Labute approximate surface area is 167 Å². The maximum Gasteiger partial charge on any atom is 0.243 e. The maximum atomic E-state index is 12.4. The lowest BCUT2D eigenvalue weighted by molar-refractivity contribution is -0.134. The highest BCUT2D eigenvalue weighted by Crippen LogP contribution is 2.13. The summed E-state index contributed by atoms with van der Waals surface area (Å²) in [5, 5.41) is 2.81. The van der Waals surface area contributed by atoms with Gasteiger partial charge in [-0.05, 0) is 50.7 Å². The van der Waals surface area contributed by atoms with E-state index in [9.17, 15) is 9.59 Å². The molecule has 0 bridgehead atoms. The fourth-order valence-corrected chi connectivity index (χ4v) is 2.72. The van der Waals surface area contributed by atoms with E-state index in [1.165, 1.54) is 4.90 Å². The lowest BCUT2D eigenvalue weighted by Gasteiger charge is -2.21. The fourth-order valence-electron chi connectivity index (χ4n) is 2.72. The second-order valence-electron chi connectivity index (χ2n) is 6.91. The van der Waals surface area contributed by atoms with Crippen LogP contribution in [0.25, 0.3) is 0 Å². The first-order valence-electron chi connectivity index (χ1n) is 9.38. The van der Waals surface area contributed by atoms with Crippen molar-refractivity contribution in [1.29, 1.82) is 0 Å². The zero-order chi connectivity index (χ0) is 20.5. The van der Waals surface area contributed by atoms with Gasteiger partial charge in [-0.2, -0.15) is 0 Å². The van der Waals surface area contributed by atoms with Crippen molar-refractivity contribution < 1.29 is 14.3 Å². The Bertz CT molecular complexity index is 773. The molecule has 2 rings (SSSR count). The molecule has 0 fully saturated rings. The van der Waals surface area contributed by atoms with Crippen LogP contribution in [-0.2, 0) is 16.1 Å². The summed E-state index contributed by atoms with van der Waals surface area (Å²) in [5.41, 5.74) is 2.95. The van der Waals surface area contributed by atoms with Crippen LogP contribution in [0.15, 0.2) is 48.5 Å². The van der Waals surface area contributed by atoms with Gasteiger partial charge in [-0.1, -0.05) is 29.8 Å². The molecule has 2 aromatic rings. The van der Waals surface area contributed by atoms with Gasteiger partial charge in [0.05, 0.1) is 19.7 Å². The summed E-state index contributed by atoms with van der Waals surface area (Å²) in [6.45, 7) is 5.47. The third-order valence-electron chi connectivity index (χ3n) is 4.23. The summed E-state index contributed by atoms with van der Waals surface area (Å²) in [6, 6.07) is 15.4. The number of ether oxygens (including phenoxy) is 1. The average molecular weight is 383 g/mol. The number of nitrogens with zero attached hydrogens (tertiary/aromatic N) is 2. The molecule has 0 radical (unpaired) electrons. The van der Waals surface area contributed by atoms with Crippen molar-refractivity contribution >= 4 is 17.5 Å². The minimum Gasteiger partial charge on any atom is -0.494 e. The van der Waals surface area contributed by atoms with Gasteiger partial charge < -0.3 is 15.0 Å². The summed E-state index contributed by atoms with van der Waals surface area (Å²) in [6.07, 6.45) is 0. The van der Waals surface area contributed by atoms with E-state index in [2.05, 4.69) is 5.32 Å². The molecule has 0 aliphatic heterocycles. The monoisotopic (exact) mass is 383 g/mol. The van der Waals surface area contributed by atoms with Crippen LogP contribution in [0.5, 0.6) is 5.75 Å². The Balaban J connectivity index is 1.78. The molecule has 0 aliphatic carbocycles. The Morgan fingerprint density at radius 2 is 1.61 bits per heavy atom. The van der Waals surface area contributed by atoms with Gasteiger partial charge in [0, 0.05) is 19.3 Å². The van der Waals surface area contributed by atoms with E-state index in [1.54, 1.807) is 7.05 Å². The fraction of sp³-hybridized carbons (Fsp3) is 0.364. The highest BCUT2D eigenvalue weighted by atomic mass is 16.5. The van der Waals surface area contributed by atoms with E-state index in [1.807, 2.05) is 74.3 Å². The van der Waals surface area contributed by atoms with Crippen LogP contribution >= 0.6 is 0 Å². The number of hydrogen-bond donors (Lipinski definition) is 1. The Morgan fingerprint density at radius 3 is 2.21 bits per heavy atom. The quantitative estimate of drug-likeness (QED) is 0.723. The second-order valence-corrected chi connectivity index (χ2v) is 6.91. The van der Waals surface area contributed by atoms with E-state index in [-0.39, 0.29) is 24.9 Å². The molecule has 0 saturated carbocycles. The zero-order valence-corrected chi connectivity index (χ0v) is 17.1. The number of hydrogen-bond acceptors (Lipinski definition) is 4. The van der Waals surface area contributed by atoms with Gasteiger partial charge >= 0.3 is 0 Å². The number of carbonyl (C=O) groups is 2. The molecule has 1 N–H and O–H groups in total. The van der Waals surface area contributed by atoms with Crippen molar-refractivity contribution in [2.75, 3.05) is 39.1 Å². The smallest absolute Gasteiger partial charge is 0.243 e. The highest BCUT2D eigenvalue weighted by molar-refractivity contribution is 5.94. The Hall–Kier alpha value is -2.86. The molecule has 6 nitrogen and oxygen atoms in total. The first-order chi connectivity index (χ1) is 13.4. The lowest BCUT2D eigenvalue weighted by atomic mass is 10.2. The van der Waals surface area contributed by atoms with Gasteiger partial charge in [0.2, 0.25) is 11.8 Å². The van der Waals surface area contributed by atoms with E-state index in [4.69, 9.17) is 4.74 Å². The molecule has 0 spiro atoms. The number of amides is 2. The summed E-state index contributed by atoms with van der Waals surface area (Å²) < 4.78 is 5.43. The third kappa shape index (κ3) is 7.04. The third-order valence-corrected chi connectivity index (χ3v) is 4.23. The van der Waals surface area contributed by atoms with Crippen LogP contribution in [0.3, 0.4) is 0 Å². The minimum absolute atomic E-state index is 0.0175. The van der Waals surface area contributed by atoms with Crippen molar-refractivity contribution in [2.45, 2.75) is 20.4 Å². The van der Waals surface area contributed by atoms with Gasteiger partial charge in [-0.3, -0.25) is 14.5 Å². The molecule has 150 valence electrons. The Kier molecular flexibility index (Phi) is 8.02. The van der Waals surface area contributed by atoms with Crippen LogP contribution in [0.1, 0.15) is 18.1 Å². The number of benzene rings is 2. The minimum atomic E-state index is -0.214. The van der Waals surface area contributed by atoms with Gasteiger partial charge in [-0.15, -0.1) is 0 Å². The maximum absolute atomic E-state index is 12.4. The molecular formula is C22H29N3O3. The number of likely N-dealkylation sites (N-methyl/N-ethyl adjacent to an activating group) is 2. The molecule has 0 aliphatic rings. The topological polar surface area (TPSA) is 61.9 Å². The van der Waals surface area contributed by atoms with Crippen LogP contribution in [-0.4, -0.2) is 55.4 Å². The van der Waals surface area contributed by atoms with Crippen LogP contribution < -0.4 is 10.1 Å². The van der Waals surface area contributed by atoms with E-state index in [0.717, 1.165) is 22.6 Å². The summed E-state index contributed by atoms with van der Waals surface area (Å²) in [4.78, 5) is 27.9. The molecule has 2 amide bonds. The SMILES string of the molecule is CCOc1ccc(CN(C)CC(=O)N(C)CC(=O)Nc2ccc(C)cc2)cc1. The molecule has 0 heterocycles. The first-order valence-corrected chi connectivity index (χ1v) is 9.38. The summed E-state index contributed by atoms with van der Waals surface area (Å²) in [7, 11) is 3.52. The number of nitrogens with one attached hydrogen (secondary N) is 1. The van der Waals surface area contributed by atoms with E-state index < -0.39 is 0 Å². The molecule has 0 saturated heterocycles. The number of aryl methyl sites for hydroxylation is 1. The zero-order valence-electron chi connectivity index (χ0n) is 17.1. The molecule has 28 heavy (non-hydrogen) atoms. The molecular weight excluding hydrogens is 354 g/mol.